The predicted molar refractivity (Wildman–Crippen MR) is 80.0 cm³/mol. The van der Waals surface area contributed by atoms with Crippen molar-refractivity contribution < 1.29 is 19.8 Å². The van der Waals surface area contributed by atoms with Crippen LogP contribution in [0.3, 0.4) is 0 Å². The van der Waals surface area contributed by atoms with E-state index < -0.39 is 11.9 Å². The van der Waals surface area contributed by atoms with Gasteiger partial charge in [0.1, 0.15) is 12.1 Å². The van der Waals surface area contributed by atoms with E-state index in [1.54, 1.807) is 14.1 Å². The number of unbranched alkanes of at least 4 members (excludes halogenated alkanes) is 2. The molecule has 0 fully saturated rings. The molecule has 0 saturated heterocycles. The second-order valence-electron chi connectivity index (χ2n) is 4.64. The van der Waals surface area contributed by atoms with E-state index in [1.165, 1.54) is 0 Å². The molecule has 0 amide bonds. The summed E-state index contributed by atoms with van der Waals surface area (Å²) in [6, 6.07) is -0.722. The van der Waals surface area contributed by atoms with Gasteiger partial charge in [-0.25, -0.2) is 0 Å². The van der Waals surface area contributed by atoms with Crippen LogP contribution < -0.4 is 10.6 Å². The van der Waals surface area contributed by atoms with Gasteiger partial charge < -0.3 is 20.8 Å². The zero-order valence-corrected chi connectivity index (χ0v) is 13.1. The highest BCUT2D eigenvalue weighted by molar-refractivity contribution is 5.73. The standard InChI is InChI=1S/2C7H15NO2/c2*1-3-4-5-6(8-2)7(9)10/h2*6,8H,3-5H2,1-2H3,(H,9,10)/t2*6-/m00/s1. The minimum atomic E-state index is -0.754. The van der Waals surface area contributed by atoms with Gasteiger partial charge in [0.25, 0.3) is 0 Å². The summed E-state index contributed by atoms with van der Waals surface area (Å²) in [5.41, 5.74) is 0. The molecule has 0 radical (unpaired) electrons. The Morgan fingerprint density at radius 1 is 0.850 bits per heavy atom. The van der Waals surface area contributed by atoms with Gasteiger partial charge in [-0.1, -0.05) is 39.5 Å². The van der Waals surface area contributed by atoms with Crippen LogP contribution in [0.15, 0.2) is 0 Å². The molecule has 0 saturated carbocycles. The third-order valence-corrected chi connectivity index (χ3v) is 2.99. The van der Waals surface area contributed by atoms with Crippen LogP contribution in [0.5, 0.6) is 0 Å². The number of hydrogen-bond acceptors (Lipinski definition) is 4. The van der Waals surface area contributed by atoms with Crippen molar-refractivity contribution in [2.75, 3.05) is 14.1 Å². The molecule has 0 aliphatic rings. The molecule has 0 heterocycles. The van der Waals surface area contributed by atoms with E-state index in [1.807, 2.05) is 0 Å². The first kappa shape index (κ1) is 21.2. The summed E-state index contributed by atoms with van der Waals surface area (Å²) in [4.78, 5) is 20.7. The lowest BCUT2D eigenvalue weighted by Gasteiger charge is -2.08. The first-order valence-corrected chi connectivity index (χ1v) is 7.24. The van der Waals surface area contributed by atoms with Crippen molar-refractivity contribution in [1.82, 2.24) is 10.6 Å². The monoisotopic (exact) mass is 290 g/mol. The minimum absolute atomic E-state index is 0.361. The summed E-state index contributed by atoms with van der Waals surface area (Å²) >= 11 is 0. The van der Waals surface area contributed by atoms with Gasteiger partial charge in [-0.15, -0.1) is 0 Å². The van der Waals surface area contributed by atoms with Crippen molar-refractivity contribution in [3.8, 4) is 0 Å². The molecule has 6 heteroatoms. The van der Waals surface area contributed by atoms with E-state index in [0.717, 1.165) is 38.5 Å². The average Bonchev–Trinajstić information content (AvgIpc) is 2.40. The molecule has 4 N–H and O–H groups in total. The molecular formula is C14H30N2O4. The van der Waals surface area contributed by atoms with Gasteiger partial charge in [-0.3, -0.25) is 9.59 Å². The first-order chi connectivity index (χ1) is 9.44. The van der Waals surface area contributed by atoms with E-state index in [0.29, 0.717) is 0 Å². The summed E-state index contributed by atoms with van der Waals surface area (Å²) in [6.07, 6.45) is 5.48. The molecular weight excluding hydrogens is 260 g/mol. The molecule has 20 heavy (non-hydrogen) atoms. The Morgan fingerprint density at radius 2 is 1.15 bits per heavy atom. The molecule has 6 nitrogen and oxygen atoms in total. The summed E-state index contributed by atoms with van der Waals surface area (Å²) in [6.45, 7) is 4.10. The quantitative estimate of drug-likeness (QED) is 0.489. The summed E-state index contributed by atoms with van der Waals surface area (Å²) in [5, 5.41) is 22.5. The van der Waals surface area contributed by atoms with Crippen LogP contribution >= 0.6 is 0 Å². The number of carboxylic acids is 2. The number of carbonyl (C=O) groups is 2. The molecule has 0 aromatic carbocycles. The molecule has 120 valence electrons. The second kappa shape index (κ2) is 14.3. The number of aliphatic carboxylic acids is 2. The maximum atomic E-state index is 10.4. The van der Waals surface area contributed by atoms with Crippen LogP contribution in [0.4, 0.5) is 0 Å². The Labute approximate surface area is 122 Å². The summed E-state index contributed by atoms with van der Waals surface area (Å²) < 4.78 is 0. The Balaban J connectivity index is 0. The Morgan fingerprint density at radius 3 is 1.30 bits per heavy atom. The lowest BCUT2D eigenvalue weighted by molar-refractivity contribution is -0.140. The third-order valence-electron chi connectivity index (χ3n) is 2.99. The molecule has 0 aromatic rings. The van der Waals surface area contributed by atoms with Crippen LogP contribution in [-0.4, -0.2) is 48.3 Å². The van der Waals surface area contributed by atoms with Gasteiger partial charge in [-0.05, 0) is 26.9 Å². The fourth-order valence-corrected chi connectivity index (χ4v) is 1.60. The topological polar surface area (TPSA) is 98.7 Å². The van der Waals surface area contributed by atoms with E-state index in [2.05, 4.69) is 24.5 Å². The van der Waals surface area contributed by atoms with Crippen molar-refractivity contribution in [3.05, 3.63) is 0 Å². The van der Waals surface area contributed by atoms with Crippen LogP contribution in [0.25, 0.3) is 0 Å². The largest absolute Gasteiger partial charge is 0.480 e. The van der Waals surface area contributed by atoms with E-state index >= 15 is 0 Å². The zero-order valence-electron chi connectivity index (χ0n) is 13.1. The van der Waals surface area contributed by atoms with Crippen molar-refractivity contribution in [1.29, 1.82) is 0 Å². The molecule has 0 bridgehead atoms. The van der Waals surface area contributed by atoms with Gasteiger partial charge in [-0.2, -0.15) is 0 Å². The molecule has 0 aromatic heterocycles. The van der Waals surface area contributed by atoms with E-state index in [9.17, 15) is 9.59 Å². The third kappa shape index (κ3) is 11.9. The number of nitrogens with one attached hydrogen (secondary N) is 2. The second-order valence-corrected chi connectivity index (χ2v) is 4.64. The van der Waals surface area contributed by atoms with Crippen molar-refractivity contribution >= 4 is 11.9 Å². The number of carboxylic acid groups (broad SMARTS) is 2. The highest BCUT2D eigenvalue weighted by Gasteiger charge is 2.13. The maximum absolute atomic E-state index is 10.4. The Hall–Kier alpha value is -1.14. The Kier molecular flexibility index (Phi) is 15.1. The average molecular weight is 290 g/mol. The summed E-state index contributed by atoms with van der Waals surface area (Å²) in [7, 11) is 3.35. The van der Waals surface area contributed by atoms with Gasteiger partial charge >= 0.3 is 11.9 Å². The highest BCUT2D eigenvalue weighted by Crippen LogP contribution is 2.00. The van der Waals surface area contributed by atoms with Crippen LogP contribution in [0, 0.1) is 0 Å². The van der Waals surface area contributed by atoms with Gasteiger partial charge in [0.2, 0.25) is 0 Å². The van der Waals surface area contributed by atoms with E-state index in [4.69, 9.17) is 10.2 Å². The van der Waals surface area contributed by atoms with Crippen molar-refractivity contribution in [2.24, 2.45) is 0 Å². The molecule has 2 atom stereocenters. The smallest absolute Gasteiger partial charge is 0.320 e. The van der Waals surface area contributed by atoms with Gasteiger partial charge in [0, 0.05) is 0 Å². The number of hydrogen-bond donors (Lipinski definition) is 4. The fourth-order valence-electron chi connectivity index (χ4n) is 1.60. The van der Waals surface area contributed by atoms with Crippen LogP contribution in [-0.2, 0) is 9.59 Å². The lowest BCUT2D eigenvalue weighted by atomic mass is 10.1. The predicted octanol–water partition coefficient (Wildman–Crippen LogP) is 1.70. The maximum Gasteiger partial charge on any atom is 0.320 e. The lowest BCUT2D eigenvalue weighted by Crippen LogP contribution is -2.33. The van der Waals surface area contributed by atoms with Gasteiger partial charge in [0.05, 0.1) is 0 Å². The normalized spacial score (nSPS) is 13.0. The van der Waals surface area contributed by atoms with Crippen LogP contribution in [0.2, 0.25) is 0 Å². The summed E-state index contributed by atoms with van der Waals surface area (Å²) in [5.74, 6) is -1.51. The van der Waals surface area contributed by atoms with Gasteiger partial charge in [0.15, 0.2) is 0 Å². The van der Waals surface area contributed by atoms with Crippen LogP contribution in [0.1, 0.15) is 52.4 Å². The number of likely N-dealkylation sites (N-methyl/N-ethyl adjacent to an activating group) is 2. The van der Waals surface area contributed by atoms with Crippen molar-refractivity contribution in [3.63, 3.8) is 0 Å². The first-order valence-electron chi connectivity index (χ1n) is 7.24. The molecule has 0 aliphatic carbocycles. The fraction of sp³-hybridized carbons (Fsp3) is 0.857. The van der Waals surface area contributed by atoms with E-state index in [-0.39, 0.29) is 12.1 Å². The molecule has 0 aliphatic heterocycles. The molecule has 0 rings (SSSR count). The zero-order chi connectivity index (χ0) is 16.0. The SMILES string of the molecule is CCCC[C@H](NC)C(=O)O.CCCC[C@H](NC)C(=O)O. The highest BCUT2D eigenvalue weighted by atomic mass is 16.4. The molecule has 0 spiro atoms. The van der Waals surface area contributed by atoms with Crippen molar-refractivity contribution in [2.45, 2.75) is 64.5 Å². The molecule has 0 unspecified atom stereocenters. The Bertz CT molecular complexity index is 234. The minimum Gasteiger partial charge on any atom is -0.480 e. The number of rotatable bonds is 10.